The van der Waals surface area contributed by atoms with Crippen LogP contribution in [0.5, 0.6) is 0 Å². The van der Waals surface area contributed by atoms with Gasteiger partial charge in [0.15, 0.2) is 5.78 Å². The second kappa shape index (κ2) is 6.02. The van der Waals surface area contributed by atoms with Crippen LogP contribution in [0.25, 0.3) is 0 Å². The first kappa shape index (κ1) is 10.6. The lowest BCUT2D eigenvalue weighted by atomic mass is 10.1. The first-order valence-electron chi connectivity index (χ1n) is 4.76. The molecule has 0 saturated carbocycles. The van der Waals surface area contributed by atoms with E-state index in [1.807, 2.05) is 0 Å². The smallest absolute Gasteiger partial charge is 0.168 e. The van der Waals surface area contributed by atoms with E-state index in [9.17, 15) is 4.79 Å². The van der Waals surface area contributed by atoms with Gasteiger partial charge in [-0.2, -0.15) is 0 Å². The average Bonchev–Trinajstić information content (AvgIpc) is 2.25. The van der Waals surface area contributed by atoms with E-state index in [-0.39, 0.29) is 5.78 Å². The molecule has 0 aliphatic carbocycles. The van der Waals surface area contributed by atoms with E-state index >= 15 is 0 Å². The summed E-state index contributed by atoms with van der Waals surface area (Å²) in [6.45, 7) is 2.85. The molecule has 74 valence electrons. The van der Waals surface area contributed by atoms with Gasteiger partial charge in [-0.1, -0.05) is 6.92 Å². The molecule has 1 rings (SSSR count). The fourth-order valence-electron chi connectivity index (χ4n) is 1.02. The van der Waals surface area contributed by atoms with Gasteiger partial charge in [-0.15, -0.1) is 0 Å². The maximum atomic E-state index is 11.5. The first-order valence-corrected chi connectivity index (χ1v) is 4.76. The summed E-state index contributed by atoms with van der Waals surface area (Å²) in [5.41, 5.74) is 0.697. The molecule has 0 amide bonds. The second-order valence-corrected chi connectivity index (χ2v) is 2.95. The topological polar surface area (TPSA) is 42.3 Å². The molecular formula is C11H14N2O. The minimum Gasteiger partial charge on any atom is -0.297 e. The number of carbonyl (C=O) groups excluding carboxylic acids is 1. The Hall–Kier alpha value is -1.51. The Kier molecular flexibility index (Phi) is 4.55. The Morgan fingerprint density at radius 2 is 2.21 bits per heavy atom. The minimum atomic E-state index is 0.0900. The van der Waals surface area contributed by atoms with Crippen molar-refractivity contribution in [2.45, 2.75) is 19.8 Å². The molecule has 0 radical (unpaired) electrons. The van der Waals surface area contributed by atoms with E-state index in [4.69, 9.17) is 0 Å². The first-order chi connectivity index (χ1) is 6.84. The van der Waals surface area contributed by atoms with Crippen LogP contribution in [0.1, 0.15) is 30.1 Å². The fraction of sp³-hybridized carbons (Fsp3) is 0.364. The summed E-state index contributed by atoms with van der Waals surface area (Å²) in [6.07, 6.45) is 6.32. The molecule has 1 aromatic heterocycles. The van der Waals surface area contributed by atoms with Crippen LogP contribution in [0.15, 0.2) is 29.5 Å². The van der Waals surface area contributed by atoms with E-state index in [0.29, 0.717) is 12.0 Å². The summed E-state index contributed by atoms with van der Waals surface area (Å²) in [5, 5.41) is 0. The Morgan fingerprint density at radius 3 is 2.86 bits per heavy atom. The van der Waals surface area contributed by atoms with Crippen LogP contribution >= 0.6 is 0 Å². The molecule has 14 heavy (non-hydrogen) atoms. The number of hydrogen-bond donors (Lipinski definition) is 0. The molecule has 0 spiro atoms. The monoisotopic (exact) mass is 190 g/mol. The number of hydrogen-bond acceptors (Lipinski definition) is 3. The van der Waals surface area contributed by atoms with Crippen LogP contribution in [-0.2, 0) is 0 Å². The third-order valence-corrected chi connectivity index (χ3v) is 1.76. The molecule has 0 aliphatic heterocycles. The van der Waals surface area contributed by atoms with Crippen LogP contribution in [0.4, 0.5) is 0 Å². The van der Waals surface area contributed by atoms with Crippen molar-refractivity contribution in [1.29, 1.82) is 0 Å². The highest BCUT2D eigenvalue weighted by molar-refractivity contribution is 6.03. The number of Topliss-reactive ketones (excluding diaryl/α,β-unsaturated/α-hetero) is 1. The zero-order chi connectivity index (χ0) is 10.2. The van der Waals surface area contributed by atoms with Crippen molar-refractivity contribution in [2.24, 2.45) is 4.99 Å². The molecule has 0 aromatic carbocycles. The van der Waals surface area contributed by atoms with E-state index < -0.39 is 0 Å². The van der Waals surface area contributed by atoms with Crippen LogP contribution in [-0.4, -0.2) is 23.5 Å². The highest BCUT2D eigenvalue weighted by atomic mass is 16.1. The van der Waals surface area contributed by atoms with Crippen LogP contribution < -0.4 is 0 Å². The van der Waals surface area contributed by atoms with Crippen LogP contribution in [0.2, 0.25) is 0 Å². The van der Waals surface area contributed by atoms with Gasteiger partial charge < -0.3 is 0 Å². The van der Waals surface area contributed by atoms with Crippen LogP contribution in [0, 0.1) is 0 Å². The lowest BCUT2D eigenvalue weighted by molar-refractivity contribution is 0.100. The number of ketones is 1. The SMILES string of the molecule is CCCN=CCC(=O)c1ccncc1. The number of rotatable bonds is 5. The van der Waals surface area contributed by atoms with E-state index in [2.05, 4.69) is 16.9 Å². The molecule has 0 saturated heterocycles. The number of nitrogens with zero attached hydrogens (tertiary/aromatic N) is 2. The number of pyridine rings is 1. The van der Waals surface area contributed by atoms with Gasteiger partial charge >= 0.3 is 0 Å². The summed E-state index contributed by atoms with van der Waals surface area (Å²) in [5.74, 6) is 0.0900. The van der Waals surface area contributed by atoms with E-state index in [0.717, 1.165) is 13.0 Å². The molecule has 1 heterocycles. The highest BCUT2D eigenvalue weighted by Gasteiger charge is 2.01. The third-order valence-electron chi connectivity index (χ3n) is 1.76. The highest BCUT2D eigenvalue weighted by Crippen LogP contribution is 1.99. The normalized spacial score (nSPS) is 10.6. The molecule has 0 aliphatic rings. The summed E-state index contributed by atoms with van der Waals surface area (Å²) in [6, 6.07) is 3.44. The quantitative estimate of drug-likeness (QED) is 0.527. The van der Waals surface area contributed by atoms with Gasteiger partial charge in [0.05, 0.1) is 0 Å². The molecule has 0 bridgehead atoms. The van der Waals surface area contributed by atoms with Crippen molar-refractivity contribution in [3.63, 3.8) is 0 Å². The van der Waals surface area contributed by atoms with Gasteiger partial charge in [0.2, 0.25) is 0 Å². The Bertz CT molecular complexity index is 306. The maximum absolute atomic E-state index is 11.5. The Morgan fingerprint density at radius 1 is 1.50 bits per heavy atom. The fourth-order valence-corrected chi connectivity index (χ4v) is 1.02. The van der Waals surface area contributed by atoms with Gasteiger partial charge in [-0.3, -0.25) is 14.8 Å². The molecular weight excluding hydrogens is 176 g/mol. The zero-order valence-corrected chi connectivity index (χ0v) is 8.31. The van der Waals surface area contributed by atoms with Crippen molar-refractivity contribution in [2.75, 3.05) is 6.54 Å². The molecule has 3 nitrogen and oxygen atoms in total. The van der Waals surface area contributed by atoms with Crippen molar-refractivity contribution in [1.82, 2.24) is 4.98 Å². The summed E-state index contributed by atoms with van der Waals surface area (Å²) in [7, 11) is 0. The van der Waals surface area contributed by atoms with Gasteiger partial charge in [-0.05, 0) is 18.6 Å². The standard InChI is InChI=1S/C11H14N2O/c1-2-6-12-9-5-11(14)10-3-7-13-8-4-10/h3-4,7-9H,2,5-6H2,1H3. The largest absolute Gasteiger partial charge is 0.297 e. The Labute approximate surface area is 83.9 Å². The predicted octanol–water partition coefficient (Wildman–Crippen LogP) is 2.14. The van der Waals surface area contributed by atoms with E-state index in [1.54, 1.807) is 30.7 Å². The third kappa shape index (κ3) is 3.47. The molecule has 0 fully saturated rings. The molecule has 3 heteroatoms. The lowest BCUT2D eigenvalue weighted by Gasteiger charge is -1.95. The number of carbonyl (C=O) groups is 1. The van der Waals surface area contributed by atoms with Crippen molar-refractivity contribution >= 4 is 12.0 Å². The van der Waals surface area contributed by atoms with E-state index in [1.165, 1.54) is 0 Å². The maximum Gasteiger partial charge on any atom is 0.168 e. The Balaban J connectivity index is 2.44. The molecule has 1 aromatic rings. The lowest BCUT2D eigenvalue weighted by Crippen LogP contribution is -1.99. The van der Waals surface area contributed by atoms with Crippen LogP contribution in [0.3, 0.4) is 0 Å². The molecule has 0 N–H and O–H groups in total. The van der Waals surface area contributed by atoms with Gasteiger partial charge in [0, 0.05) is 37.1 Å². The summed E-state index contributed by atoms with van der Waals surface area (Å²) < 4.78 is 0. The average molecular weight is 190 g/mol. The number of aliphatic imine (C=N–C) groups is 1. The summed E-state index contributed by atoms with van der Waals surface area (Å²) >= 11 is 0. The summed E-state index contributed by atoms with van der Waals surface area (Å²) in [4.78, 5) is 19.4. The predicted molar refractivity (Wildman–Crippen MR) is 56.8 cm³/mol. The molecule has 0 unspecified atom stereocenters. The van der Waals surface area contributed by atoms with Gasteiger partial charge in [0.1, 0.15) is 0 Å². The van der Waals surface area contributed by atoms with Crippen molar-refractivity contribution < 1.29 is 4.79 Å². The second-order valence-electron chi connectivity index (χ2n) is 2.95. The number of aromatic nitrogens is 1. The van der Waals surface area contributed by atoms with Crippen molar-refractivity contribution in [3.8, 4) is 0 Å². The van der Waals surface area contributed by atoms with Crippen molar-refractivity contribution in [3.05, 3.63) is 30.1 Å². The molecule has 0 atom stereocenters. The minimum absolute atomic E-state index is 0.0900. The van der Waals surface area contributed by atoms with Gasteiger partial charge in [0.25, 0.3) is 0 Å². The van der Waals surface area contributed by atoms with Gasteiger partial charge in [-0.25, -0.2) is 0 Å². The zero-order valence-electron chi connectivity index (χ0n) is 8.31.